The number of hydrogen-bond acceptors (Lipinski definition) is 3. The van der Waals surface area contributed by atoms with Crippen LogP contribution in [0, 0.1) is 0 Å². The van der Waals surface area contributed by atoms with Crippen LogP contribution in [0.1, 0.15) is 38.3 Å². The minimum Gasteiger partial charge on any atom is -0.507 e. The number of phenols is 1. The van der Waals surface area contributed by atoms with Crippen molar-refractivity contribution in [2.45, 2.75) is 32.6 Å². The fourth-order valence-electron chi connectivity index (χ4n) is 2.71. The van der Waals surface area contributed by atoms with Crippen molar-refractivity contribution in [3.05, 3.63) is 82.9 Å². The summed E-state index contributed by atoms with van der Waals surface area (Å²) in [5.41, 5.74) is 2.45. The zero-order valence-electron chi connectivity index (χ0n) is 16.3. The molecular weight excluding hydrogens is 370 g/mol. The SMILES string of the molecule is CCC(C)(C)c1ccc(Oc2ccccc2)c(/N=C/c2cc(Cl)ccc2O)c1. The molecule has 0 atom stereocenters. The topological polar surface area (TPSA) is 41.8 Å². The second-order valence-electron chi connectivity index (χ2n) is 7.30. The van der Waals surface area contributed by atoms with Crippen LogP contribution in [0.25, 0.3) is 0 Å². The van der Waals surface area contributed by atoms with Gasteiger partial charge in [-0.15, -0.1) is 0 Å². The van der Waals surface area contributed by atoms with Crippen LogP contribution in [0.4, 0.5) is 5.69 Å². The molecule has 0 spiro atoms. The lowest BCUT2D eigenvalue weighted by molar-refractivity contribution is 0.474. The van der Waals surface area contributed by atoms with E-state index in [1.54, 1.807) is 24.4 Å². The summed E-state index contributed by atoms with van der Waals surface area (Å²) in [5.74, 6) is 1.52. The summed E-state index contributed by atoms with van der Waals surface area (Å²) in [4.78, 5) is 4.61. The first-order chi connectivity index (χ1) is 13.4. The predicted octanol–water partition coefficient (Wildman–Crippen LogP) is 7.28. The molecule has 0 aliphatic rings. The van der Waals surface area contributed by atoms with Crippen molar-refractivity contribution in [3.63, 3.8) is 0 Å². The zero-order chi connectivity index (χ0) is 20.1. The summed E-state index contributed by atoms with van der Waals surface area (Å²) in [5, 5.41) is 10.6. The van der Waals surface area contributed by atoms with Gasteiger partial charge in [0.15, 0.2) is 5.75 Å². The molecule has 0 saturated heterocycles. The van der Waals surface area contributed by atoms with Gasteiger partial charge in [0.2, 0.25) is 0 Å². The minimum absolute atomic E-state index is 0.0216. The van der Waals surface area contributed by atoms with E-state index >= 15 is 0 Å². The van der Waals surface area contributed by atoms with Crippen molar-refractivity contribution in [1.82, 2.24) is 0 Å². The summed E-state index contributed by atoms with van der Waals surface area (Å²) in [6.45, 7) is 6.58. The monoisotopic (exact) mass is 393 g/mol. The Morgan fingerprint density at radius 1 is 1.04 bits per heavy atom. The number of para-hydroxylation sites is 1. The van der Waals surface area contributed by atoms with Gasteiger partial charge in [-0.3, -0.25) is 4.99 Å². The molecule has 0 aromatic heterocycles. The van der Waals surface area contributed by atoms with Crippen molar-refractivity contribution in [2.75, 3.05) is 0 Å². The maximum atomic E-state index is 10.1. The molecule has 3 aromatic rings. The first-order valence-electron chi connectivity index (χ1n) is 9.29. The average molecular weight is 394 g/mol. The van der Waals surface area contributed by atoms with E-state index in [0.717, 1.165) is 12.2 Å². The molecule has 144 valence electrons. The molecule has 0 fully saturated rings. The standard InChI is InChI=1S/C24H24ClNO2/c1-4-24(2,3)18-10-13-23(28-20-8-6-5-7-9-20)21(15-18)26-16-17-14-19(25)11-12-22(17)27/h5-16,27H,4H2,1-3H3/b26-16+. The molecule has 3 aromatic carbocycles. The second-order valence-corrected chi connectivity index (χ2v) is 7.73. The highest BCUT2D eigenvalue weighted by atomic mass is 35.5. The van der Waals surface area contributed by atoms with Crippen LogP contribution in [-0.2, 0) is 5.41 Å². The molecule has 0 aliphatic heterocycles. The minimum atomic E-state index is 0.0216. The van der Waals surface area contributed by atoms with E-state index in [4.69, 9.17) is 16.3 Å². The van der Waals surface area contributed by atoms with Crippen LogP contribution in [0.3, 0.4) is 0 Å². The lowest BCUT2D eigenvalue weighted by atomic mass is 9.82. The van der Waals surface area contributed by atoms with Gasteiger partial charge >= 0.3 is 0 Å². The normalized spacial score (nSPS) is 11.7. The lowest BCUT2D eigenvalue weighted by Gasteiger charge is -2.24. The van der Waals surface area contributed by atoms with Crippen LogP contribution in [0.2, 0.25) is 5.02 Å². The van der Waals surface area contributed by atoms with Gasteiger partial charge in [-0.1, -0.05) is 56.6 Å². The Balaban J connectivity index is 2.02. The first-order valence-corrected chi connectivity index (χ1v) is 9.67. The van der Waals surface area contributed by atoms with E-state index in [-0.39, 0.29) is 11.2 Å². The molecule has 3 rings (SSSR count). The summed E-state index contributed by atoms with van der Waals surface area (Å²) in [6, 6.07) is 20.6. The molecule has 0 radical (unpaired) electrons. The smallest absolute Gasteiger partial charge is 0.153 e. The Morgan fingerprint density at radius 2 is 1.79 bits per heavy atom. The Bertz CT molecular complexity index is 981. The van der Waals surface area contributed by atoms with Gasteiger partial charge in [-0.25, -0.2) is 0 Å². The number of phenolic OH excluding ortho intramolecular Hbond substituents is 1. The highest BCUT2D eigenvalue weighted by Crippen LogP contribution is 2.37. The summed E-state index contributed by atoms with van der Waals surface area (Å²) in [6.07, 6.45) is 2.61. The average Bonchev–Trinajstić information content (AvgIpc) is 2.70. The number of aliphatic imine (C=N–C) groups is 1. The van der Waals surface area contributed by atoms with Gasteiger partial charge in [-0.05, 0) is 59.9 Å². The Kier molecular flexibility index (Phi) is 6.05. The fourth-order valence-corrected chi connectivity index (χ4v) is 2.89. The van der Waals surface area contributed by atoms with Crippen molar-refractivity contribution < 1.29 is 9.84 Å². The van der Waals surface area contributed by atoms with Crippen molar-refractivity contribution >= 4 is 23.5 Å². The second kappa shape index (κ2) is 8.49. The third kappa shape index (κ3) is 4.73. The van der Waals surface area contributed by atoms with Gasteiger partial charge in [0.25, 0.3) is 0 Å². The van der Waals surface area contributed by atoms with Crippen LogP contribution in [0.5, 0.6) is 17.2 Å². The third-order valence-electron chi connectivity index (χ3n) is 4.93. The summed E-state index contributed by atoms with van der Waals surface area (Å²) in [7, 11) is 0. The molecule has 0 unspecified atom stereocenters. The maximum absolute atomic E-state index is 10.1. The molecule has 0 bridgehead atoms. The van der Waals surface area contributed by atoms with Crippen molar-refractivity contribution in [2.24, 2.45) is 4.99 Å². The number of ether oxygens (including phenoxy) is 1. The quantitative estimate of drug-likeness (QED) is 0.447. The number of benzene rings is 3. The fraction of sp³-hybridized carbons (Fsp3) is 0.208. The van der Waals surface area contributed by atoms with Crippen LogP contribution >= 0.6 is 11.6 Å². The number of hydrogen-bond donors (Lipinski definition) is 1. The zero-order valence-corrected chi connectivity index (χ0v) is 17.1. The van der Waals surface area contributed by atoms with Crippen LogP contribution in [0.15, 0.2) is 71.7 Å². The van der Waals surface area contributed by atoms with Crippen LogP contribution < -0.4 is 4.74 Å². The van der Waals surface area contributed by atoms with E-state index < -0.39 is 0 Å². The Hall–Kier alpha value is -2.78. The molecule has 1 N–H and O–H groups in total. The Labute approximate surface area is 171 Å². The van der Waals surface area contributed by atoms with E-state index in [1.165, 1.54) is 5.56 Å². The van der Waals surface area contributed by atoms with Crippen molar-refractivity contribution in [1.29, 1.82) is 0 Å². The van der Waals surface area contributed by atoms with E-state index in [1.807, 2.05) is 42.5 Å². The number of rotatable bonds is 6. The van der Waals surface area contributed by atoms with Gasteiger partial charge in [0, 0.05) is 16.8 Å². The number of aromatic hydroxyl groups is 1. The first kappa shape index (κ1) is 20.0. The van der Waals surface area contributed by atoms with Gasteiger partial charge in [0.1, 0.15) is 17.2 Å². The molecule has 0 saturated carbocycles. The van der Waals surface area contributed by atoms with Crippen molar-refractivity contribution in [3.8, 4) is 17.2 Å². The molecule has 0 amide bonds. The van der Waals surface area contributed by atoms with E-state index in [0.29, 0.717) is 22.0 Å². The number of nitrogens with zero attached hydrogens (tertiary/aromatic N) is 1. The van der Waals surface area contributed by atoms with Gasteiger partial charge in [0.05, 0.1) is 0 Å². The lowest BCUT2D eigenvalue weighted by Crippen LogP contribution is -2.15. The number of halogens is 1. The molecular formula is C24H24ClNO2. The molecule has 3 nitrogen and oxygen atoms in total. The highest BCUT2D eigenvalue weighted by molar-refractivity contribution is 6.30. The third-order valence-corrected chi connectivity index (χ3v) is 5.16. The van der Waals surface area contributed by atoms with Crippen LogP contribution in [-0.4, -0.2) is 11.3 Å². The highest BCUT2D eigenvalue weighted by Gasteiger charge is 2.19. The van der Waals surface area contributed by atoms with E-state index in [9.17, 15) is 5.11 Å². The molecule has 28 heavy (non-hydrogen) atoms. The summed E-state index contributed by atoms with van der Waals surface area (Å²) < 4.78 is 6.05. The van der Waals surface area contributed by atoms with E-state index in [2.05, 4.69) is 31.8 Å². The molecule has 0 heterocycles. The molecule has 0 aliphatic carbocycles. The molecule has 4 heteroatoms. The van der Waals surface area contributed by atoms with Gasteiger partial charge in [-0.2, -0.15) is 0 Å². The van der Waals surface area contributed by atoms with Gasteiger partial charge < -0.3 is 9.84 Å². The maximum Gasteiger partial charge on any atom is 0.153 e. The predicted molar refractivity (Wildman–Crippen MR) is 117 cm³/mol. The largest absolute Gasteiger partial charge is 0.507 e. The summed E-state index contributed by atoms with van der Waals surface area (Å²) >= 11 is 6.04. The Morgan fingerprint density at radius 3 is 2.50 bits per heavy atom.